The van der Waals surface area contributed by atoms with Crippen LogP contribution in [0.15, 0.2) is 132 Å². The molecule has 10 atom stereocenters. The Morgan fingerprint density at radius 1 is 0.819 bits per heavy atom. The van der Waals surface area contributed by atoms with E-state index in [1.54, 1.807) is 98.8 Å². The average molecular weight is 1000 g/mol. The molecule has 2 saturated heterocycles. The fourth-order valence-electron chi connectivity index (χ4n) is 12.0. The van der Waals surface area contributed by atoms with Crippen molar-refractivity contribution in [2.45, 2.75) is 127 Å². The minimum atomic E-state index is -3.53. The Morgan fingerprint density at radius 2 is 1.43 bits per heavy atom. The quantitative estimate of drug-likeness (QED) is 0.0451. The predicted octanol–water partition coefficient (Wildman–Crippen LogP) is 7.92. The first kappa shape index (κ1) is 51.1. The summed E-state index contributed by atoms with van der Waals surface area (Å²) in [6, 6.07) is 34.9. The molecule has 4 fully saturated rings. The molecule has 2 bridgehead atoms. The highest BCUT2D eigenvalue weighted by atomic mass is 28.4. The smallest absolute Gasteiger partial charge is 0.339 e. The monoisotopic (exact) mass is 999 g/mol. The maximum atomic E-state index is 15.6. The first-order valence-electron chi connectivity index (χ1n) is 25.2. The number of aliphatic hydroxyl groups excluding tert-OH is 1. The van der Waals surface area contributed by atoms with E-state index in [1.807, 2.05) is 50.2 Å². The number of ether oxygens (including phenoxy) is 4. The summed E-state index contributed by atoms with van der Waals surface area (Å²) in [4.78, 5) is 72.6. The molecule has 380 valence electrons. The lowest BCUT2D eigenvalue weighted by Crippen LogP contribution is -2.73. The van der Waals surface area contributed by atoms with Crippen LogP contribution in [0.1, 0.15) is 104 Å². The van der Waals surface area contributed by atoms with Crippen molar-refractivity contribution < 1.29 is 62.0 Å². The maximum Gasteiger partial charge on any atom is 0.339 e. The molecule has 2 unspecified atom stereocenters. The summed E-state index contributed by atoms with van der Waals surface area (Å²) < 4.78 is 38.5. The van der Waals surface area contributed by atoms with Crippen molar-refractivity contribution in [3.63, 3.8) is 0 Å². The Morgan fingerprint density at radius 3 is 2.06 bits per heavy atom. The van der Waals surface area contributed by atoms with Crippen molar-refractivity contribution in [2.75, 3.05) is 13.2 Å². The fraction of sp³-hybridized carbons (Fsp3) is 0.456. The van der Waals surface area contributed by atoms with Crippen LogP contribution >= 0.6 is 0 Å². The van der Waals surface area contributed by atoms with Crippen LogP contribution < -0.4 is 5.32 Å². The molecule has 4 aromatic rings. The van der Waals surface area contributed by atoms with Gasteiger partial charge in [-0.1, -0.05) is 136 Å². The number of fused-ring (bicyclic) bond motifs is 5. The molecule has 2 heterocycles. The van der Waals surface area contributed by atoms with Gasteiger partial charge in [0.05, 0.1) is 35.8 Å². The minimum absolute atomic E-state index is 0.0435. The SMILES string of the molecule is CC1=C2CC(=O)[C@@]3(C)C(C4CO[C@@H]4C[C@@H]3O)[C@H](OC(=O)c3ccccc3)[C@](O)(C[C@@H]1OC(=O)[C@H](O[Si]1(OCC(=O)OCc3ccccc3)CCCCC1)[C@@H](NC(=O)c1ccccc1)c1ccccc1)C2(C)C. The molecule has 2 aliphatic heterocycles. The summed E-state index contributed by atoms with van der Waals surface area (Å²) >= 11 is 0. The highest BCUT2D eigenvalue weighted by Crippen LogP contribution is 2.62. The van der Waals surface area contributed by atoms with Crippen LogP contribution in [0, 0.1) is 22.7 Å². The highest BCUT2D eigenvalue weighted by molar-refractivity contribution is 6.68. The number of amides is 1. The summed E-state index contributed by atoms with van der Waals surface area (Å²) in [5.41, 5.74) is -1.78. The second-order valence-electron chi connectivity index (χ2n) is 20.9. The van der Waals surface area contributed by atoms with Gasteiger partial charge in [0, 0.05) is 42.1 Å². The van der Waals surface area contributed by atoms with Gasteiger partial charge in [0.25, 0.3) is 5.91 Å². The lowest BCUT2D eigenvalue weighted by molar-refractivity contribution is -0.274. The number of esters is 3. The zero-order valence-electron chi connectivity index (χ0n) is 41.3. The molecule has 0 spiro atoms. The third kappa shape index (κ3) is 9.86. The van der Waals surface area contributed by atoms with Gasteiger partial charge in [0.2, 0.25) is 0 Å². The molecule has 14 nitrogen and oxygen atoms in total. The van der Waals surface area contributed by atoms with Gasteiger partial charge in [0.15, 0.2) is 6.10 Å². The second kappa shape index (κ2) is 21.0. The van der Waals surface area contributed by atoms with Gasteiger partial charge in [-0.3, -0.25) is 9.59 Å². The van der Waals surface area contributed by atoms with Crippen molar-refractivity contribution >= 4 is 38.2 Å². The van der Waals surface area contributed by atoms with Crippen LogP contribution in [-0.4, -0.2) is 97.7 Å². The van der Waals surface area contributed by atoms with Crippen LogP contribution in [0.4, 0.5) is 0 Å². The zero-order chi connectivity index (χ0) is 50.8. The van der Waals surface area contributed by atoms with E-state index >= 15 is 9.59 Å². The molecular weight excluding hydrogens is 935 g/mol. The predicted molar refractivity (Wildman–Crippen MR) is 266 cm³/mol. The van der Waals surface area contributed by atoms with Gasteiger partial charge in [-0.05, 0) is 66.9 Å². The van der Waals surface area contributed by atoms with Crippen molar-refractivity contribution in [1.82, 2.24) is 5.32 Å². The number of rotatable bonds is 15. The number of aliphatic hydroxyl groups is 2. The number of Topliss-reactive ketones (excluding diaryl/α,β-unsaturated/α-hetero) is 1. The van der Waals surface area contributed by atoms with Crippen molar-refractivity contribution in [2.24, 2.45) is 22.7 Å². The molecule has 9 rings (SSSR count). The number of ketones is 1. The minimum Gasteiger partial charge on any atom is -0.459 e. The lowest BCUT2D eigenvalue weighted by Gasteiger charge is -2.63. The molecule has 3 N–H and O–H groups in total. The molecule has 3 aliphatic carbocycles. The highest BCUT2D eigenvalue weighted by Gasteiger charge is 2.70. The molecule has 72 heavy (non-hydrogen) atoms. The van der Waals surface area contributed by atoms with Gasteiger partial charge in [-0.15, -0.1) is 0 Å². The van der Waals surface area contributed by atoms with Crippen LogP contribution in [0.5, 0.6) is 0 Å². The Labute approximate surface area is 421 Å². The van der Waals surface area contributed by atoms with E-state index in [-0.39, 0.29) is 49.7 Å². The van der Waals surface area contributed by atoms with Gasteiger partial charge in [-0.2, -0.15) is 0 Å². The number of hydrogen-bond donors (Lipinski definition) is 3. The van der Waals surface area contributed by atoms with Crippen molar-refractivity contribution in [1.29, 1.82) is 0 Å². The first-order valence-corrected chi connectivity index (χ1v) is 27.4. The molecule has 0 radical (unpaired) electrons. The molecular formula is C57H65NO13Si. The third-order valence-electron chi connectivity index (χ3n) is 16.5. The van der Waals surface area contributed by atoms with Crippen LogP contribution in [0.25, 0.3) is 0 Å². The fourth-order valence-corrected chi connectivity index (χ4v) is 15.5. The van der Waals surface area contributed by atoms with Crippen molar-refractivity contribution in [3.05, 3.63) is 155 Å². The standard InChI is InChI=1S/C57H65NO13Si/c1-36-42-30-45(59)56(4)46(60)31-43-41(34-66-43)48(56)51(70-53(63)40-26-16-8-17-27-40)57(65,55(42,2)3)32-44(36)69-54(64)50(49(38-22-12-6-13-23-38)58-52(62)39-24-14-7-15-25-39)71-72(28-18-9-19-29-72)68-35-47(61)67-33-37-20-10-5-11-21-37/h5-8,10-17,20-27,41,43-44,46,48-51,60,65H,9,18-19,28-35H2,1-4H3,(H,58,62)/t41?,43-,44+,46+,48?,49+,50-,51+,56-,57-/m1/s1. The number of carbonyl (C=O) groups is 5. The van der Waals surface area contributed by atoms with Crippen LogP contribution in [0.2, 0.25) is 12.1 Å². The summed E-state index contributed by atoms with van der Waals surface area (Å²) in [5.74, 6) is -4.23. The van der Waals surface area contributed by atoms with Crippen LogP contribution in [-0.2, 0) is 48.8 Å². The summed E-state index contributed by atoms with van der Waals surface area (Å²) in [7, 11) is -3.53. The molecule has 2 saturated carbocycles. The number of hydrogen-bond acceptors (Lipinski definition) is 13. The summed E-state index contributed by atoms with van der Waals surface area (Å²) in [5, 5.41) is 28.8. The summed E-state index contributed by atoms with van der Waals surface area (Å²) in [6.07, 6.45) is -3.72. The van der Waals surface area contributed by atoms with Crippen molar-refractivity contribution in [3.8, 4) is 0 Å². The molecule has 15 heteroatoms. The van der Waals surface area contributed by atoms with E-state index in [1.165, 1.54) is 0 Å². The third-order valence-corrected chi connectivity index (χ3v) is 20.1. The normalized spacial score (nSPS) is 29.1. The summed E-state index contributed by atoms with van der Waals surface area (Å²) in [6.45, 7) is 6.95. The second-order valence-corrected chi connectivity index (χ2v) is 24.2. The van der Waals surface area contributed by atoms with Gasteiger partial charge >= 0.3 is 26.5 Å². The Bertz CT molecular complexity index is 2640. The van der Waals surface area contributed by atoms with Gasteiger partial charge in [-0.25, -0.2) is 14.4 Å². The first-order chi connectivity index (χ1) is 34.5. The topological polar surface area (TPSA) is 193 Å². The van der Waals surface area contributed by atoms with E-state index in [9.17, 15) is 24.6 Å². The molecule has 5 aliphatic rings. The van der Waals surface area contributed by atoms with Gasteiger partial charge < -0.3 is 43.3 Å². The number of carbonyl (C=O) groups excluding carboxylic acids is 5. The van der Waals surface area contributed by atoms with E-state index in [0.29, 0.717) is 47.2 Å². The van der Waals surface area contributed by atoms with E-state index < -0.39 is 97.9 Å². The van der Waals surface area contributed by atoms with E-state index in [0.717, 1.165) is 12.0 Å². The maximum absolute atomic E-state index is 15.6. The largest absolute Gasteiger partial charge is 0.459 e. The van der Waals surface area contributed by atoms with E-state index in [4.69, 9.17) is 27.8 Å². The van der Waals surface area contributed by atoms with Crippen LogP contribution in [0.3, 0.4) is 0 Å². The number of benzene rings is 4. The molecule has 1 amide bonds. The average Bonchev–Trinajstić information content (AvgIpc) is 3.39. The van der Waals surface area contributed by atoms with Gasteiger partial charge in [0.1, 0.15) is 36.8 Å². The number of nitrogens with one attached hydrogen (secondary N) is 1. The Balaban J connectivity index is 1.11. The molecule has 0 aromatic heterocycles. The Kier molecular flexibility index (Phi) is 14.9. The Hall–Kier alpha value is -5.81. The zero-order valence-corrected chi connectivity index (χ0v) is 42.3. The molecule has 4 aromatic carbocycles. The van der Waals surface area contributed by atoms with E-state index in [2.05, 4.69) is 5.32 Å². The lowest BCUT2D eigenvalue weighted by atomic mass is 9.46.